The summed E-state index contributed by atoms with van der Waals surface area (Å²) in [5, 5.41) is 54.7. The predicted octanol–water partition coefficient (Wildman–Crippen LogP) is -0.0129. The van der Waals surface area contributed by atoms with Gasteiger partial charge in [-0.25, -0.2) is 9.18 Å². The molecule has 8 amide bonds. The van der Waals surface area contributed by atoms with Crippen molar-refractivity contribution >= 4 is 82.7 Å². The number of carbonyl (C=O) groups excluding carboxylic acids is 8. The molecule has 9 atom stereocenters. The molecule has 1 heterocycles. The number of halogens is 2. The molecular weight excluding hydrogens is 1050 g/mol. The number of rotatable bonds is 31. The Hall–Kier alpha value is -7.74. The van der Waals surface area contributed by atoms with Crippen molar-refractivity contribution in [2.75, 3.05) is 6.54 Å². The predicted molar refractivity (Wildman–Crippen MR) is 275 cm³/mol. The molecule has 2 aromatic rings. The number of amides is 8. The first-order valence-corrected chi connectivity index (χ1v) is 25.5. The second kappa shape index (κ2) is 30.9. The van der Waals surface area contributed by atoms with Crippen molar-refractivity contribution < 1.29 is 82.4 Å². The molecule has 13 N–H and O–H groups in total. The summed E-state index contributed by atoms with van der Waals surface area (Å²) in [6.07, 6.45) is -3.43. The van der Waals surface area contributed by atoms with Gasteiger partial charge in [-0.05, 0) is 74.1 Å². The van der Waals surface area contributed by atoms with Gasteiger partial charge in [0, 0.05) is 37.3 Å². The van der Waals surface area contributed by atoms with E-state index in [2.05, 4.69) is 37.2 Å². The van der Waals surface area contributed by atoms with Crippen LogP contribution in [-0.2, 0) is 70.4 Å². The number of carboxylic acids is 4. The first-order valence-electron chi connectivity index (χ1n) is 25.1. The van der Waals surface area contributed by atoms with Gasteiger partial charge in [-0.3, -0.25) is 52.7 Å². The van der Waals surface area contributed by atoms with E-state index in [4.69, 9.17) is 22.4 Å². The highest BCUT2D eigenvalue weighted by molar-refractivity contribution is 6.30. The molecule has 1 fully saturated rings. The van der Waals surface area contributed by atoms with Crippen LogP contribution in [0, 0.1) is 17.7 Å². The standard InChI is InChI=1S/C51H69ClFN9O16/c1-25(2)20-34(58-49(75)42(26(3)4)61-44(70)32(54)15-17-39(63)64)47(73)59-36(22-29-13-14-30(52)23-31(29)53)50(76)62-19-9-12-38(62)48(74)57-35(24-41(67)68)46(72)55-27(5)43(69)56-33(16-18-40(65)66)45(71)60-37(51(77)78)21-28-10-7-6-8-11-28/h6-8,10-11,13-14,23,25-27,32-38,42H,9,12,15-22,24,54H2,1-5H3,(H,55,72)(H,56,69)(H,57,74)(H,58,75)(H,59,73)(H,60,71)(H,61,70)(H,63,64)(H,65,66)(H,67,68)(H,77,78)/t27-,32-,33-,34-,35-,36-,37-,38+,42-/m0/s1. The minimum Gasteiger partial charge on any atom is -0.481 e. The number of aliphatic carboxylic acids is 4. The monoisotopic (exact) mass is 1120 g/mol. The maximum absolute atomic E-state index is 15.4. The van der Waals surface area contributed by atoms with E-state index in [-0.39, 0.29) is 55.2 Å². The van der Waals surface area contributed by atoms with Gasteiger partial charge in [0.15, 0.2) is 0 Å². The molecule has 0 radical (unpaired) electrons. The van der Waals surface area contributed by atoms with Gasteiger partial charge in [-0.1, -0.05) is 75.7 Å². The summed E-state index contributed by atoms with van der Waals surface area (Å²) in [6, 6.07) is -1.78. The fraction of sp³-hybridized carbons (Fsp3) is 0.529. The van der Waals surface area contributed by atoms with E-state index < -0.39 is 169 Å². The number of likely N-dealkylation sites (tertiary alicyclic amines) is 1. The zero-order valence-corrected chi connectivity index (χ0v) is 44.5. The highest BCUT2D eigenvalue weighted by Gasteiger charge is 2.41. The van der Waals surface area contributed by atoms with E-state index in [9.17, 15) is 72.9 Å². The van der Waals surface area contributed by atoms with Crippen LogP contribution in [-0.4, -0.2) is 157 Å². The summed E-state index contributed by atoms with van der Waals surface area (Å²) in [6.45, 7) is 7.68. The third kappa shape index (κ3) is 21.0. The maximum Gasteiger partial charge on any atom is 0.326 e. The zero-order chi connectivity index (χ0) is 58.6. The fourth-order valence-corrected chi connectivity index (χ4v) is 8.40. The summed E-state index contributed by atoms with van der Waals surface area (Å²) in [5.41, 5.74) is 6.31. The van der Waals surface area contributed by atoms with Crippen LogP contribution in [0.25, 0.3) is 0 Å². The largest absolute Gasteiger partial charge is 0.481 e. The molecular formula is C51H69ClFN9O16. The van der Waals surface area contributed by atoms with Crippen LogP contribution in [0.15, 0.2) is 48.5 Å². The number of hydrogen-bond donors (Lipinski definition) is 12. The first kappa shape index (κ1) is 64.5. The number of benzene rings is 2. The number of nitrogens with two attached hydrogens (primary N) is 1. The lowest BCUT2D eigenvalue weighted by atomic mass is 9.98. The van der Waals surface area contributed by atoms with E-state index in [0.29, 0.717) is 5.56 Å². The summed E-state index contributed by atoms with van der Waals surface area (Å²) in [4.78, 5) is 158. The normalized spacial score (nSPS) is 16.2. The summed E-state index contributed by atoms with van der Waals surface area (Å²) in [5.74, 6) is -15.1. The fourth-order valence-electron chi connectivity index (χ4n) is 8.24. The lowest BCUT2D eigenvalue weighted by molar-refractivity contribution is -0.144. The Morgan fingerprint density at radius 3 is 1.79 bits per heavy atom. The molecule has 0 unspecified atom stereocenters. The summed E-state index contributed by atoms with van der Waals surface area (Å²) in [7, 11) is 0. The molecule has 25 nitrogen and oxygen atoms in total. The number of carbonyl (C=O) groups is 12. The Morgan fingerprint density at radius 1 is 0.641 bits per heavy atom. The van der Waals surface area contributed by atoms with Crippen LogP contribution in [0.3, 0.4) is 0 Å². The molecule has 27 heteroatoms. The third-order valence-electron chi connectivity index (χ3n) is 12.4. The lowest BCUT2D eigenvalue weighted by Gasteiger charge is -2.31. The van der Waals surface area contributed by atoms with Crippen molar-refractivity contribution in [1.29, 1.82) is 0 Å². The van der Waals surface area contributed by atoms with Gasteiger partial charge in [-0.2, -0.15) is 0 Å². The molecule has 2 aromatic carbocycles. The highest BCUT2D eigenvalue weighted by Crippen LogP contribution is 2.23. The van der Waals surface area contributed by atoms with E-state index in [1.807, 2.05) is 0 Å². The minimum atomic E-state index is -1.90. The van der Waals surface area contributed by atoms with Gasteiger partial charge < -0.3 is 68.3 Å². The highest BCUT2D eigenvalue weighted by atomic mass is 35.5. The van der Waals surface area contributed by atoms with Gasteiger partial charge in [-0.15, -0.1) is 0 Å². The van der Waals surface area contributed by atoms with Crippen molar-refractivity contribution in [1.82, 2.24) is 42.1 Å². The molecule has 0 saturated carbocycles. The van der Waals surface area contributed by atoms with Gasteiger partial charge in [0.05, 0.1) is 12.5 Å². The first-order chi connectivity index (χ1) is 36.6. The molecule has 1 aliphatic heterocycles. The molecule has 3 rings (SSSR count). The Bertz CT molecular complexity index is 2520. The molecule has 0 bridgehead atoms. The molecule has 78 heavy (non-hydrogen) atoms. The van der Waals surface area contributed by atoms with Crippen LogP contribution in [0.4, 0.5) is 4.39 Å². The summed E-state index contributed by atoms with van der Waals surface area (Å²) >= 11 is 6.00. The Labute approximate surface area is 453 Å². The van der Waals surface area contributed by atoms with Crippen LogP contribution >= 0.6 is 11.6 Å². The second-order valence-electron chi connectivity index (χ2n) is 19.6. The van der Waals surface area contributed by atoms with Crippen LogP contribution in [0.1, 0.15) is 97.1 Å². The van der Waals surface area contributed by atoms with Gasteiger partial charge >= 0.3 is 23.9 Å². The van der Waals surface area contributed by atoms with E-state index in [1.165, 1.54) is 12.1 Å². The zero-order valence-electron chi connectivity index (χ0n) is 43.7. The van der Waals surface area contributed by atoms with Crippen molar-refractivity contribution in [3.63, 3.8) is 0 Å². The quantitative estimate of drug-likeness (QED) is 0.0472. The van der Waals surface area contributed by atoms with Crippen molar-refractivity contribution in [3.05, 3.63) is 70.5 Å². The Kier molecular flexibility index (Phi) is 25.5. The lowest BCUT2D eigenvalue weighted by Crippen LogP contribution is -2.61. The van der Waals surface area contributed by atoms with Gasteiger partial charge in [0.1, 0.15) is 54.2 Å². The molecule has 0 aliphatic carbocycles. The number of nitrogens with zero attached hydrogens (tertiary/aromatic N) is 1. The van der Waals surface area contributed by atoms with Crippen LogP contribution in [0.5, 0.6) is 0 Å². The minimum absolute atomic E-state index is 0.0110. The molecule has 1 saturated heterocycles. The Morgan fingerprint density at radius 2 is 1.22 bits per heavy atom. The SMILES string of the molecule is CC(C)C[C@H](NC(=O)[C@@H](NC(=O)[C@@H](N)CCC(=O)O)C(C)C)C(=O)N[C@@H](Cc1ccc(Cl)cc1F)C(=O)N1CCC[C@@H]1C(=O)N[C@@H](CC(=O)O)C(=O)N[C@@H](C)C(=O)N[C@@H](CCC(=O)O)C(=O)N[C@@H](Cc1ccccc1)C(=O)O. The molecule has 0 aromatic heterocycles. The van der Waals surface area contributed by atoms with Crippen LogP contribution in [0.2, 0.25) is 5.02 Å². The second-order valence-corrected chi connectivity index (χ2v) is 20.1. The Balaban J connectivity index is 1.85. The smallest absolute Gasteiger partial charge is 0.326 e. The third-order valence-corrected chi connectivity index (χ3v) is 12.7. The average Bonchev–Trinajstić information content (AvgIpc) is 3.86. The van der Waals surface area contributed by atoms with Gasteiger partial charge in [0.2, 0.25) is 47.3 Å². The average molecular weight is 1120 g/mol. The van der Waals surface area contributed by atoms with Crippen LogP contribution < -0.4 is 43.0 Å². The van der Waals surface area contributed by atoms with Crippen molar-refractivity contribution in [2.45, 2.75) is 153 Å². The molecule has 428 valence electrons. The number of carboxylic acid groups (broad SMARTS) is 4. The van der Waals surface area contributed by atoms with E-state index in [0.717, 1.165) is 17.9 Å². The van der Waals surface area contributed by atoms with E-state index in [1.54, 1.807) is 58.0 Å². The molecule has 1 aliphatic rings. The number of hydrogen-bond acceptors (Lipinski definition) is 13. The van der Waals surface area contributed by atoms with Crippen molar-refractivity contribution in [3.8, 4) is 0 Å². The van der Waals surface area contributed by atoms with E-state index >= 15 is 4.39 Å². The van der Waals surface area contributed by atoms with Gasteiger partial charge in [0.25, 0.3) is 0 Å². The maximum atomic E-state index is 15.4. The number of nitrogens with one attached hydrogen (secondary N) is 7. The van der Waals surface area contributed by atoms with Crippen molar-refractivity contribution in [2.24, 2.45) is 17.6 Å². The topological polar surface area (TPSA) is 399 Å². The molecule has 0 spiro atoms. The summed E-state index contributed by atoms with van der Waals surface area (Å²) < 4.78 is 15.4.